The Morgan fingerprint density at radius 3 is 3.00 bits per heavy atom. The average molecular weight is 207 g/mol. The molecule has 0 aromatic carbocycles. The highest BCUT2D eigenvalue weighted by Gasteiger charge is 2.11. The summed E-state index contributed by atoms with van der Waals surface area (Å²) in [5.41, 5.74) is 1.78. The first-order valence-corrected chi connectivity index (χ1v) is 4.84. The predicted molar refractivity (Wildman–Crippen MR) is 54.0 cm³/mol. The summed E-state index contributed by atoms with van der Waals surface area (Å²) >= 11 is 0. The number of aromatic nitrogens is 4. The summed E-state index contributed by atoms with van der Waals surface area (Å²) < 4.78 is 5.47. The van der Waals surface area contributed by atoms with E-state index in [9.17, 15) is 0 Å². The number of aryl methyl sites for hydroxylation is 1. The number of nitrogens with one attached hydrogen (secondary N) is 2. The van der Waals surface area contributed by atoms with Gasteiger partial charge in [0.05, 0.1) is 18.3 Å². The van der Waals surface area contributed by atoms with E-state index in [1.807, 2.05) is 13.8 Å². The summed E-state index contributed by atoms with van der Waals surface area (Å²) in [7, 11) is 0. The van der Waals surface area contributed by atoms with Gasteiger partial charge >= 0.3 is 0 Å². The molecule has 0 aliphatic rings. The zero-order valence-electron chi connectivity index (χ0n) is 8.74. The maximum Gasteiger partial charge on any atom is 0.251 e. The Morgan fingerprint density at radius 2 is 2.33 bits per heavy atom. The molecule has 80 valence electrons. The second kappa shape index (κ2) is 4.22. The van der Waals surface area contributed by atoms with E-state index in [0.717, 1.165) is 17.8 Å². The van der Waals surface area contributed by atoms with Crippen molar-refractivity contribution in [1.82, 2.24) is 25.7 Å². The van der Waals surface area contributed by atoms with Gasteiger partial charge in [-0.05, 0) is 13.5 Å². The van der Waals surface area contributed by atoms with E-state index in [1.54, 1.807) is 6.20 Å². The van der Waals surface area contributed by atoms with Gasteiger partial charge in [-0.3, -0.25) is 5.10 Å². The Morgan fingerprint density at radius 1 is 1.47 bits per heavy atom. The van der Waals surface area contributed by atoms with Gasteiger partial charge in [0, 0.05) is 5.69 Å². The number of hydrogen-bond acceptors (Lipinski definition) is 5. The van der Waals surface area contributed by atoms with Crippen LogP contribution in [-0.4, -0.2) is 26.9 Å². The Hall–Kier alpha value is -1.69. The standard InChI is InChI=1S/C9H13N5O/c1-3-10-5-8-13-14-9(15-8)7-4-11-12-6(7)2/h4,10H,3,5H2,1-2H3,(H,11,12). The first-order chi connectivity index (χ1) is 7.31. The molecule has 0 bridgehead atoms. The smallest absolute Gasteiger partial charge is 0.251 e. The Bertz CT molecular complexity index is 433. The zero-order valence-corrected chi connectivity index (χ0v) is 8.74. The molecule has 0 spiro atoms. The van der Waals surface area contributed by atoms with E-state index < -0.39 is 0 Å². The molecule has 0 saturated heterocycles. The normalized spacial score (nSPS) is 10.8. The molecular formula is C9H13N5O. The summed E-state index contributed by atoms with van der Waals surface area (Å²) in [6.07, 6.45) is 1.68. The molecule has 15 heavy (non-hydrogen) atoms. The van der Waals surface area contributed by atoms with Crippen molar-refractivity contribution in [2.45, 2.75) is 20.4 Å². The minimum Gasteiger partial charge on any atom is -0.419 e. The quantitative estimate of drug-likeness (QED) is 0.777. The SMILES string of the molecule is CCNCc1nnc(-c2cn[nH]c2C)o1. The summed E-state index contributed by atoms with van der Waals surface area (Å²) in [6.45, 7) is 5.41. The fourth-order valence-electron chi connectivity index (χ4n) is 1.23. The maximum atomic E-state index is 5.47. The average Bonchev–Trinajstić information content (AvgIpc) is 2.83. The minimum atomic E-state index is 0.508. The van der Waals surface area contributed by atoms with E-state index in [-0.39, 0.29) is 0 Å². The van der Waals surface area contributed by atoms with Crippen LogP contribution in [0.15, 0.2) is 10.6 Å². The highest BCUT2D eigenvalue weighted by atomic mass is 16.4. The van der Waals surface area contributed by atoms with Gasteiger partial charge in [-0.15, -0.1) is 10.2 Å². The van der Waals surface area contributed by atoms with Gasteiger partial charge < -0.3 is 9.73 Å². The fourth-order valence-corrected chi connectivity index (χ4v) is 1.23. The Labute approximate surface area is 87.1 Å². The Kier molecular flexibility index (Phi) is 2.77. The van der Waals surface area contributed by atoms with Crippen molar-refractivity contribution in [1.29, 1.82) is 0 Å². The highest BCUT2D eigenvalue weighted by Crippen LogP contribution is 2.19. The molecule has 0 fully saturated rings. The van der Waals surface area contributed by atoms with Gasteiger partial charge in [0.25, 0.3) is 5.89 Å². The van der Waals surface area contributed by atoms with Crippen LogP contribution in [0.25, 0.3) is 11.5 Å². The number of hydrogen-bond donors (Lipinski definition) is 2. The summed E-state index contributed by atoms with van der Waals surface area (Å²) in [4.78, 5) is 0. The van der Waals surface area contributed by atoms with E-state index >= 15 is 0 Å². The van der Waals surface area contributed by atoms with Gasteiger partial charge in [-0.25, -0.2) is 0 Å². The molecule has 2 N–H and O–H groups in total. The van der Waals surface area contributed by atoms with Crippen molar-refractivity contribution in [3.8, 4) is 11.5 Å². The molecular weight excluding hydrogens is 194 g/mol. The largest absolute Gasteiger partial charge is 0.419 e. The van der Waals surface area contributed by atoms with Crippen LogP contribution in [0.5, 0.6) is 0 Å². The summed E-state index contributed by atoms with van der Waals surface area (Å²) in [6, 6.07) is 0. The molecule has 0 saturated carbocycles. The molecule has 0 aliphatic carbocycles. The van der Waals surface area contributed by atoms with Crippen LogP contribution in [0.2, 0.25) is 0 Å². The van der Waals surface area contributed by atoms with Crippen LogP contribution < -0.4 is 5.32 Å². The molecule has 6 nitrogen and oxygen atoms in total. The van der Waals surface area contributed by atoms with Gasteiger partial charge in [0.15, 0.2) is 0 Å². The van der Waals surface area contributed by atoms with E-state index in [2.05, 4.69) is 25.7 Å². The maximum absolute atomic E-state index is 5.47. The third kappa shape index (κ3) is 2.04. The third-order valence-corrected chi connectivity index (χ3v) is 2.05. The second-order valence-electron chi connectivity index (χ2n) is 3.19. The van der Waals surface area contributed by atoms with E-state index in [0.29, 0.717) is 18.3 Å². The van der Waals surface area contributed by atoms with Crippen LogP contribution in [-0.2, 0) is 6.54 Å². The first-order valence-electron chi connectivity index (χ1n) is 4.84. The molecule has 2 aromatic rings. The van der Waals surface area contributed by atoms with Crippen LogP contribution in [0.3, 0.4) is 0 Å². The zero-order chi connectivity index (χ0) is 10.7. The minimum absolute atomic E-state index is 0.508. The van der Waals surface area contributed by atoms with Crippen molar-refractivity contribution in [3.05, 3.63) is 17.8 Å². The third-order valence-electron chi connectivity index (χ3n) is 2.05. The predicted octanol–water partition coefficient (Wildman–Crippen LogP) is 0.878. The lowest BCUT2D eigenvalue weighted by molar-refractivity contribution is 0.482. The van der Waals surface area contributed by atoms with Gasteiger partial charge in [0.1, 0.15) is 0 Å². The van der Waals surface area contributed by atoms with Gasteiger partial charge in [-0.2, -0.15) is 5.10 Å². The lowest BCUT2D eigenvalue weighted by Gasteiger charge is -1.93. The topological polar surface area (TPSA) is 79.6 Å². The lowest BCUT2D eigenvalue weighted by Crippen LogP contribution is -2.11. The molecule has 6 heteroatoms. The molecule has 2 rings (SSSR count). The number of rotatable bonds is 4. The van der Waals surface area contributed by atoms with Crippen molar-refractivity contribution in [2.75, 3.05) is 6.54 Å². The van der Waals surface area contributed by atoms with Crippen molar-refractivity contribution in [3.63, 3.8) is 0 Å². The molecule has 0 aliphatic heterocycles. The van der Waals surface area contributed by atoms with Crippen LogP contribution in [0.1, 0.15) is 18.5 Å². The fraction of sp³-hybridized carbons (Fsp3) is 0.444. The van der Waals surface area contributed by atoms with Gasteiger partial charge in [0.2, 0.25) is 5.89 Å². The molecule has 2 heterocycles. The monoisotopic (exact) mass is 207 g/mol. The first kappa shape index (κ1) is 9.85. The lowest BCUT2D eigenvalue weighted by atomic mass is 10.3. The Balaban J connectivity index is 2.17. The molecule has 0 atom stereocenters. The highest BCUT2D eigenvalue weighted by molar-refractivity contribution is 5.53. The summed E-state index contributed by atoms with van der Waals surface area (Å²) in [5, 5.41) is 17.7. The molecule has 0 amide bonds. The van der Waals surface area contributed by atoms with E-state index in [4.69, 9.17) is 4.42 Å². The second-order valence-corrected chi connectivity index (χ2v) is 3.19. The van der Waals surface area contributed by atoms with Crippen LogP contribution in [0, 0.1) is 6.92 Å². The molecule has 2 aromatic heterocycles. The number of nitrogens with zero attached hydrogens (tertiary/aromatic N) is 3. The number of H-pyrrole nitrogens is 1. The van der Waals surface area contributed by atoms with Crippen molar-refractivity contribution >= 4 is 0 Å². The summed E-state index contributed by atoms with van der Waals surface area (Å²) in [5.74, 6) is 1.10. The van der Waals surface area contributed by atoms with Crippen LogP contribution in [0.4, 0.5) is 0 Å². The van der Waals surface area contributed by atoms with Crippen molar-refractivity contribution < 1.29 is 4.42 Å². The number of aromatic amines is 1. The van der Waals surface area contributed by atoms with Gasteiger partial charge in [-0.1, -0.05) is 6.92 Å². The molecule has 0 unspecified atom stereocenters. The van der Waals surface area contributed by atoms with E-state index in [1.165, 1.54) is 0 Å². The molecule has 0 radical (unpaired) electrons. The van der Waals surface area contributed by atoms with Crippen LogP contribution >= 0.6 is 0 Å². The van der Waals surface area contributed by atoms with Crippen molar-refractivity contribution in [2.24, 2.45) is 0 Å².